The van der Waals surface area contributed by atoms with Crippen molar-refractivity contribution in [1.29, 1.82) is 0 Å². The van der Waals surface area contributed by atoms with E-state index >= 15 is 0 Å². The summed E-state index contributed by atoms with van der Waals surface area (Å²) in [5, 5.41) is 0. The van der Waals surface area contributed by atoms with Crippen molar-refractivity contribution in [3.8, 4) is 5.75 Å². The first-order valence-corrected chi connectivity index (χ1v) is 12.8. The van der Waals surface area contributed by atoms with Crippen LogP contribution in [-0.2, 0) is 16.4 Å². The largest absolute Gasteiger partial charge is 0.497 e. The maximum atomic E-state index is 13.0. The number of nitrogens with one attached hydrogen (secondary N) is 1. The van der Waals surface area contributed by atoms with Gasteiger partial charge in [0.05, 0.1) is 12.0 Å². The topological polar surface area (TPSA) is 65.1 Å². The summed E-state index contributed by atoms with van der Waals surface area (Å²) in [5.74, 6) is 0.637. The smallest absolute Gasteiger partial charge is 0.240 e. The van der Waals surface area contributed by atoms with E-state index in [1.165, 1.54) is 16.8 Å². The first-order chi connectivity index (χ1) is 15.4. The Morgan fingerprint density at radius 3 is 2.41 bits per heavy atom. The Morgan fingerprint density at radius 2 is 1.72 bits per heavy atom. The number of sulfonamides is 1. The van der Waals surface area contributed by atoms with Gasteiger partial charge in [-0.15, -0.1) is 0 Å². The lowest BCUT2D eigenvalue weighted by molar-refractivity contribution is 0.113. The molecule has 0 aliphatic carbocycles. The monoisotopic (exact) mass is 458 g/mol. The summed E-state index contributed by atoms with van der Waals surface area (Å²) in [4.78, 5) is 7.28. The van der Waals surface area contributed by atoms with Crippen molar-refractivity contribution >= 4 is 15.7 Å². The molecule has 1 atom stereocenters. The highest BCUT2D eigenvalue weighted by atomic mass is 32.2. The second-order valence-electron chi connectivity index (χ2n) is 8.80. The van der Waals surface area contributed by atoms with Crippen LogP contribution in [-0.4, -0.2) is 78.7 Å². The molecule has 0 aromatic heterocycles. The number of benzene rings is 2. The van der Waals surface area contributed by atoms with E-state index in [9.17, 15) is 8.42 Å². The number of fused-ring (bicyclic) bond motifs is 1. The van der Waals surface area contributed by atoms with Gasteiger partial charge in [-0.1, -0.05) is 12.1 Å². The molecule has 0 bridgehead atoms. The average molecular weight is 459 g/mol. The second kappa shape index (κ2) is 9.79. The van der Waals surface area contributed by atoms with Crippen molar-refractivity contribution in [3.05, 3.63) is 53.6 Å². The summed E-state index contributed by atoms with van der Waals surface area (Å²) in [5.41, 5.74) is 3.82. The second-order valence-corrected chi connectivity index (χ2v) is 10.6. The number of ether oxygens (including phenoxy) is 1. The molecular formula is C24H34N4O3S. The van der Waals surface area contributed by atoms with Crippen molar-refractivity contribution in [2.45, 2.75) is 23.8 Å². The summed E-state index contributed by atoms with van der Waals surface area (Å²) in [6, 6.07) is 13.2. The van der Waals surface area contributed by atoms with Crippen LogP contribution in [0.4, 0.5) is 5.69 Å². The average Bonchev–Trinajstić information content (AvgIpc) is 2.80. The van der Waals surface area contributed by atoms with Crippen molar-refractivity contribution in [3.63, 3.8) is 0 Å². The van der Waals surface area contributed by atoms with E-state index in [0.29, 0.717) is 12.3 Å². The summed E-state index contributed by atoms with van der Waals surface area (Å²) in [6.45, 7) is 5.22. The predicted octanol–water partition coefficient (Wildman–Crippen LogP) is 2.34. The first kappa shape index (κ1) is 23.0. The molecule has 2 heterocycles. The molecule has 2 aliphatic rings. The van der Waals surface area contributed by atoms with E-state index in [4.69, 9.17) is 4.74 Å². The SMILES string of the molecule is COc1ccc(S(=O)(=O)NC[C@H](c2ccc3c(c2)CCCN3C)N2CCN(C)CC2)cc1. The Labute approximate surface area is 192 Å². The van der Waals surface area contributed by atoms with Crippen LogP contribution in [0.3, 0.4) is 0 Å². The Morgan fingerprint density at radius 1 is 1.00 bits per heavy atom. The Hall–Kier alpha value is -2.13. The first-order valence-electron chi connectivity index (χ1n) is 11.3. The van der Waals surface area contributed by atoms with Gasteiger partial charge in [0.1, 0.15) is 5.75 Å². The van der Waals surface area contributed by atoms with Crippen LogP contribution in [0.25, 0.3) is 0 Å². The van der Waals surface area contributed by atoms with Crippen LogP contribution in [0.2, 0.25) is 0 Å². The van der Waals surface area contributed by atoms with Gasteiger partial charge in [-0.05, 0) is 61.3 Å². The summed E-state index contributed by atoms with van der Waals surface area (Å²) < 4.78 is 34.0. The fourth-order valence-corrected chi connectivity index (χ4v) is 5.67. The number of methoxy groups -OCH3 is 1. The van der Waals surface area contributed by atoms with Crippen molar-refractivity contribution in [2.24, 2.45) is 0 Å². The number of anilines is 1. The van der Waals surface area contributed by atoms with Crippen LogP contribution >= 0.6 is 0 Å². The maximum Gasteiger partial charge on any atom is 0.240 e. The Balaban J connectivity index is 1.57. The van der Waals surface area contributed by atoms with Gasteiger partial charge >= 0.3 is 0 Å². The van der Waals surface area contributed by atoms with Crippen molar-refractivity contribution < 1.29 is 13.2 Å². The highest BCUT2D eigenvalue weighted by Gasteiger charge is 2.27. The molecule has 0 spiro atoms. The molecule has 0 saturated carbocycles. The summed E-state index contributed by atoms with van der Waals surface area (Å²) in [6.07, 6.45) is 2.22. The van der Waals surface area contributed by atoms with E-state index in [1.54, 1.807) is 31.4 Å². The Bertz CT molecular complexity index is 1020. The molecular weight excluding hydrogens is 424 g/mol. The molecule has 7 nitrogen and oxygen atoms in total. The molecule has 0 unspecified atom stereocenters. The quantitative estimate of drug-likeness (QED) is 0.687. The number of piperazine rings is 1. The van der Waals surface area contributed by atoms with Gasteiger partial charge < -0.3 is 14.5 Å². The number of likely N-dealkylation sites (N-methyl/N-ethyl adjacent to an activating group) is 1. The molecule has 4 rings (SSSR count). The third kappa shape index (κ3) is 5.09. The van der Waals surface area contributed by atoms with Crippen LogP contribution in [0.5, 0.6) is 5.75 Å². The Kier molecular flexibility index (Phi) is 7.05. The zero-order valence-corrected chi connectivity index (χ0v) is 20.1. The fourth-order valence-electron chi connectivity index (χ4n) is 4.63. The molecule has 1 saturated heterocycles. The lowest BCUT2D eigenvalue weighted by atomic mass is 9.95. The third-order valence-corrected chi connectivity index (χ3v) is 8.09. The molecule has 174 valence electrons. The van der Waals surface area contributed by atoms with E-state index in [2.05, 4.69) is 51.7 Å². The number of rotatable bonds is 7. The minimum atomic E-state index is -3.61. The van der Waals surface area contributed by atoms with Crippen molar-refractivity contribution in [2.75, 3.05) is 65.4 Å². The van der Waals surface area contributed by atoms with E-state index in [-0.39, 0.29) is 10.9 Å². The minimum absolute atomic E-state index is 0.00532. The fraction of sp³-hybridized carbons (Fsp3) is 0.500. The van der Waals surface area contributed by atoms with E-state index in [1.807, 2.05) is 0 Å². The number of nitrogens with zero attached hydrogens (tertiary/aromatic N) is 3. The van der Waals surface area contributed by atoms with Gasteiger partial charge in [0.15, 0.2) is 0 Å². The number of aryl methyl sites for hydroxylation is 1. The third-order valence-electron chi connectivity index (χ3n) is 6.65. The summed E-state index contributed by atoms with van der Waals surface area (Å²) in [7, 11) is 2.22. The zero-order valence-electron chi connectivity index (χ0n) is 19.3. The molecule has 1 N–H and O–H groups in total. The molecule has 0 amide bonds. The highest BCUT2D eigenvalue weighted by Crippen LogP contribution is 2.31. The predicted molar refractivity (Wildman–Crippen MR) is 128 cm³/mol. The zero-order chi connectivity index (χ0) is 22.7. The molecule has 2 aromatic carbocycles. The summed E-state index contributed by atoms with van der Waals surface area (Å²) >= 11 is 0. The van der Waals surface area contributed by atoms with Crippen LogP contribution in [0.1, 0.15) is 23.6 Å². The lowest BCUT2D eigenvalue weighted by Gasteiger charge is -2.39. The molecule has 32 heavy (non-hydrogen) atoms. The van der Waals surface area contributed by atoms with Gasteiger partial charge in [-0.3, -0.25) is 4.90 Å². The van der Waals surface area contributed by atoms with Crippen LogP contribution < -0.4 is 14.4 Å². The van der Waals surface area contributed by atoms with Gasteiger partial charge in [0.25, 0.3) is 0 Å². The normalized spacial score (nSPS) is 18.9. The highest BCUT2D eigenvalue weighted by molar-refractivity contribution is 7.89. The van der Waals surface area contributed by atoms with E-state index in [0.717, 1.165) is 45.6 Å². The van der Waals surface area contributed by atoms with Gasteiger partial charge in [-0.2, -0.15) is 0 Å². The molecule has 2 aromatic rings. The lowest BCUT2D eigenvalue weighted by Crippen LogP contribution is -2.48. The van der Waals surface area contributed by atoms with Gasteiger partial charge in [0.2, 0.25) is 10.0 Å². The molecule has 2 aliphatic heterocycles. The number of hydrogen-bond acceptors (Lipinski definition) is 6. The maximum absolute atomic E-state index is 13.0. The molecule has 0 radical (unpaired) electrons. The molecule has 1 fully saturated rings. The van der Waals surface area contributed by atoms with Crippen LogP contribution in [0.15, 0.2) is 47.4 Å². The van der Waals surface area contributed by atoms with Gasteiger partial charge in [-0.25, -0.2) is 13.1 Å². The number of hydrogen-bond donors (Lipinski definition) is 1. The van der Waals surface area contributed by atoms with Crippen LogP contribution in [0, 0.1) is 0 Å². The van der Waals surface area contributed by atoms with Gasteiger partial charge in [0, 0.05) is 58.0 Å². The van der Waals surface area contributed by atoms with Crippen molar-refractivity contribution in [1.82, 2.24) is 14.5 Å². The standard InChI is InChI=1S/C24H34N4O3S/c1-26-13-15-28(16-14-26)24(20-6-11-23-19(17-20)5-4-12-27(23)2)18-25-32(29,30)22-9-7-21(31-3)8-10-22/h6-11,17,24-25H,4-5,12-16,18H2,1-3H3/t24-/m1/s1. The van der Waals surface area contributed by atoms with E-state index < -0.39 is 10.0 Å². The molecule has 8 heteroatoms. The minimum Gasteiger partial charge on any atom is -0.497 e.